The van der Waals surface area contributed by atoms with Crippen molar-refractivity contribution >= 4 is 5.82 Å². The smallest absolute Gasteiger partial charge is 0.249 e. The molecule has 1 N–H and O–H groups in total. The quantitative estimate of drug-likeness (QED) is 0.880. The fraction of sp³-hybridized carbons (Fsp3) is 0.389. The maximum atomic E-state index is 13.1. The van der Waals surface area contributed by atoms with E-state index in [1.54, 1.807) is 7.11 Å². The lowest BCUT2D eigenvalue weighted by atomic mass is 9.79. The zero-order valence-electron chi connectivity index (χ0n) is 13.3. The van der Waals surface area contributed by atoms with Crippen LogP contribution in [-0.4, -0.2) is 18.0 Å². The van der Waals surface area contributed by atoms with Crippen LogP contribution in [0.2, 0.25) is 0 Å². The summed E-state index contributed by atoms with van der Waals surface area (Å²) in [6, 6.07) is 11.6. The number of benzene rings is 1. The second-order valence-corrected chi connectivity index (χ2v) is 6.12. The third-order valence-electron chi connectivity index (χ3n) is 4.13. The normalized spacial score (nSPS) is 16.7. The van der Waals surface area contributed by atoms with E-state index in [9.17, 15) is 8.78 Å². The van der Waals surface area contributed by atoms with Crippen LogP contribution >= 0.6 is 0 Å². The van der Waals surface area contributed by atoms with Gasteiger partial charge in [-0.1, -0.05) is 12.1 Å². The molecule has 0 spiro atoms. The Morgan fingerprint density at radius 3 is 2.52 bits per heavy atom. The van der Waals surface area contributed by atoms with Gasteiger partial charge in [0.05, 0.1) is 7.11 Å². The summed E-state index contributed by atoms with van der Waals surface area (Å²) in [5.41, 5.74) is 2.89. The lowest BCUT2D eigenvalue weighted by molar-refractivity contribution is -0.0875. The number of hydrogen-bond acceptors (Lipinski definition) is 3. The monoisotopic (exact) mass is 318 g/mol. The Kier molecular flexibility index (Phi) is 4.20. The van der Waals surface area contributed by atoms with Gasteiger partial charge in [0, 0.05) is 31.0 Å². The van der Waals surface area contributed by atoms with Crippen molar-refractivity contribution in [3.63, 3.8) is 0 Å². The first-order valence-electron chi connectivity index (χ1n) is 7.68. The van der Waals surface area contributed by atoms with E-state index in [4.69, 9.17) is 4.74 Å². The molecule has 1 aliphatic carbocycles. The molecule has 0 unspecified atom stereocenters. The molecule has 0 radical (unpaired) electrons. The van der Waals surface area contributed by atoms with Gasteiger partial charge >= 0.3 is 0 Å². The van der Waals surface area contributed by atoms with Crippen molar-refractivity contribution in [1.29, 1.82) is 0 Å². The molecule has 1 saturated carbocycles. The van der Waals surface area contributed by atoms with Crippen molar-refractivity contribution in [3.8, 4) is 5.75 Å². The molecule has 0 atom stereocenters. The predicted molar refractivity (Wildman–Crippen MR) is 86.2 cm³/mol. The van der Waals surface area contributed by atoms with Crippen molar-refractivity contribution in [3.05, 3.63) is 53.2 Å². The number of alkyl halides is 2. The lowest BCUT2D eigenvalue weighted by Gasteiger charge is -2.34. The van der Waals surface area contributed by atoms with Crippen LogP contribution in [-0.2, 0) is 6.54 Å². The third kappa shape index (κ3) is 3.78. The number of aryl methyl sites for hydroxylation is 1. The number of nitrogens with zero attached hydrogens (tertiary/aromatic N) is 1. The minimum Gasteiger partial charge on any atom is -0.497 e. The number of halogens is 2. The van der Waals surface area contributed by atoms with Crippen molar-refractivity contribution in [2.45, 2.75) is 38.2 Å². The highest BCUT2D eigenvalue weighted by atomic mass is 19.3. The topological polar surface area (TPSA) is 34.1 Å². The molecule has 1 aliphatic rings. The van der Waals surface area contributed by atoms with Gasteiger partial charge in [-0.25, -0.2) is 13.8 Å². The molecular weight excluding hydrogens is 298 g/mol. The molecule has 1 aromatic heterocycles. The zero-order valence-corrected chi connectivity index (χ0v) is 13.3. The predicted octanol–water partition coefficient (Wildman–Crippen LogP) is 4.52. The summed E-state index contributed by atoms with van der Waals surface area (Å²) in [6.07, 6.45) is -0.192. The van der Waals surface area contributed by atoms with Crippen LogP contribution in [0.4, 0.5) is 14.6 Å². The van der Waals surface area contributed by atoms with Crippen LogP contribution in [0.15, 0.2) is 36.4 Å². The van der Waals surface area contributed by atoms with E-state index in [1.807, 2.05) is 43.3 Å². The Labute approximate surface area is 134 Å². The Bertz CT molecular complexity index is 678. The molecule has 3 nitrogen and oxygen atoms in total. The second-order valence-electron chi connectivity index (χ2n) is 6.12. The van der Waals surface area contributed by atoms with E-state index in [-0.39, 0.29) is 18.8 Å². The molecule has 2 aromatic rings. The number of pyridine rings is 1. The van der Waals surface area contributed by atoms with Gasteiger partial charge in [-0.15, -0.1) is 0 Å². The highest BCUT2D eigenvalue weighted by Gasteiger charge is 2.46. The second kappa shape index (κ2) is 6.14. The summed E-state index contributed by atoms with van der Waals surface area (Å²) in [6.45, 7) is 2.58. The van der Waals surface area contributed by atoms with E-state index in [0.717, 1.165) is 28.4 Å². The minimum absolute atomic E-state index is 0.0959. The summed E-state index contributed by atoms with van der Waals surface area (Å²) < 4.78 is 31.2. The van der Waals surface area contributed by atoms with Crippen LogP contribution in [0, 0.1) is 6.92 Å². The fourth-order valence-electron chi connectivity index (χ4n) is 2.80. The van der Waals surface area contributed by atoms with Gasteiger partial charge in [0.2, 0.25) is 5.92 Å². The number of hydrogen-bond donors (Lipinski definition) is 1. The van der Waals surface area contributed by atoms with Crippen molar-refractivity contribution in [2.24, 2.45) is 0 Å². The maximum Gasteiger partial charge on any atom is 0.249 e. The summed E-state index contributed by atoms with van der Waals surface area (Å²) in [4.78, 5) is 4.50. The van der Waals surface area contributed by atoms with Crippen LogP contribution in [0.3, 0.4) is 0 Å². The molecule has 0 saturated heterocycles. The van der Waals surface area contributed by atoms with Crippen LogP contribution in [0.25, 0.3) is 0 Å². The minimum atomic E-state index is -2.52. The molecule has 1 fully saturated rings. The van der Waals surface area contributed by atoms with E-state index >= 15 is 0 Å². The highest BCUT2D eigenvalue weighted by Crippen LogP contribution is 2.47. The first kappa shape index (κ1) is 15.7. The number of aromatic nitrogens is 1. The standard InChI is InChI=1S/C18H20F2N2O/c1-12-7-16(14-9-18(19,20)10-14)22-17(8-12)21-11-13-3-5-15(23-2)6-4-13/h3-8,14H,9-11H2,1-2H3,(H,21,22). The summed E-state index contributed by atoms with van der Waals surface area (Å²) in [7, 11) is 1.63. The lowest BCUT2D eigenvalue weighted by Crippen LogP contribution is -2.34. The molecule has 5 heteroatoms. The number of methoxy groups -OCH3 is 1. The van der Waals surface area contributed by atoms with Gasteiger partial charge in [0.25, 0.3) is 0 Å². The molecular formula is C18H20F2N2O. The molecule has 23 heavy (non-hydrogen) atoms. The van der Waals surface area contributed by atoms with E-state index in [0.29, 0.717) is 6.54 Å². The molecule has 0 amide bonds. The molecule has 1 heterocycles. The van der Waals surface area contributed by atoms with E-state index in [2.05, 4.69) is 10.3 Å². The Morgan fingerprint density at radius 2 is 1.91 bits per heavy atom. The van der Waals surface area contributed by atoms with Crippen molar-refractivity contribution in [2.75, 3.05) is 12.4 Å². The van der Waals surface area contributed by atoms with Gasteiger partial charge < -0.3 is 10.1 Å². The average molecular weight is 318 g/mol. The Hall–Kier alpha value is -2.17. The number of anilines is 1. The Balaban J connectivity index is 1.66. The van der Waals surface area contributed by atoms with Gasteiger partial charge in [0.1, 0.15) is 11.6 Å². The molecule has 0 aliphatic heterocycles. The van der Waals surface area contributed by atoms with E-state index in [1.165, 1.54) is 0 Å². The first-order chi connectivity index (χ1) is 10.9. The largest absolute Gasteiger partial charge is 0.497 e. The van der Waals surface area contributed by atoms with Crippen molar-refractivity contribution in [1.82, 2.24) is 4.98 Å². The molecule has 3 rings (SSSR count). The van der Waals surface area contributed by atoms with Gasteiger partial charge in [-0.3, -0.25) is 0 Å². The van der Waals surface area contributed by atoms with Crippen molar-refractivity contribution < 1.29 is 13.5 Å². The van der Waals surface area contributed by atoms with Crippen LogP contribution in [0.5, 0.6) is 5.75 Å². The average Bonchev–Trinajstić information content (AvgIpc) is 2.50. The summed E-state index contributed by atoms with van der Waals surface area (Å²) in [5, 5.41) is 3.26. The fourth-order valence-corrected chi connectivity index (χ4v) is 2.80. The Morgan fingerprint density at radius 1 is 1.22 bits per heavy atom. The number of rotatable bonds is 5. The first-order valence-corrected chi connectivity index (χ1v) is 7.68. The molecule has 1 aromatic carbocycles. The highest BCUT2D eigenvalue weighted by molar-refractivity contribution is 5.41. The third-order valence-corrected chi connectivity index (χ3v) is 4.13. The van der Waals surface area contributed by atoms with Gasteiger partial charge in [-0.05, 0) is 42.3 Å². The van der Waals surface area contributed by atoms with Crippen LogP contribution < -0.4 is 10.1 Å². The van der Waals surface area contributed by atoms with Gasteiger partial charge in [-0.2, -0.15) is 0 Å². The van der Waals surface area contributed by atoms with Gasteiger partial charge in [0.15, 0.2) is 0 Å². The van der Waals surface area contributed by atoms with E-state index < -0.39 is 5.92 Å². The zero-order chi connectivity index (χ0) is 16.4. The molecule has 122 valence electrons. The molecule has 0 bridgehead atoms. The number of ether oxygens (including phenoxy) is 1. The summed E-state index contributed by atoms with van der Waals surface area (Å²) in [5.74, 6) is -1.11. The maximum absolute atomic E-state index is 13.1. The summed E-state index contributed by atoms with van der Waals surface area (Å²) >= 11 is 0. The van der Waals surface area contributed by atoms with Crippen LogP contribution in [0.1, 0.15) is 35.6 Å². The number of nitrogens with one attached hydrogen (secondary N) is 1. The SMILES string of the molecule is COc1ccc(CNc2cc(C)cc(C3CC(F)(F)C3)n2)cc1.